The average Bonchev–Trinajstić information content (AvgIpc) is 3.36. The summed E-state index contributed by atoms with van der Waals surface area (Å²) in [6, 6.07) is 2.18. The highest BCUT2D eigenvalue weighted by atomic mass is 16.7. The van der Waals surface area contributed by atoms with Gasteiger partial charge in [-0.25, -0.2) is 15.1 Å². The molecule has 1 saturated heterocycles. The topological polar surface area (TPSA) is 182 Å². The number of nitrogens with two attached hydrogens (primary N) is 1. The maximum atomic E-state index is 13.9. The van der Waals surface area contributed by atoms with Gasteiger partial charge in [-0.1, -0.05) is 71.6 Å². The van der Waals surface area contributed by atoms with Crippen LogP contribution in [0.2, 0.25) is 0 Å². The SMILES string of the molecule is CC(C)C[C@H](NC(=O)[C@H](CCCN=C(N)N[N+](=O)[O-])CC(=O)CCCCCCCCCCC#N)B1O[C@@H]2C[C@H]3C[C@H](C3(C)C)[C@]2(C)O1. The van der Waals surface area contributed by atoms with Crippen LogP contribution in [0, 0.1) is 50.5 Å². The number of hydrogen-bond acceptors (Lipinski definition) is 8. The summed E-state index contributed by atoms with van der Waals surface area (Å²) >= 11 is 0. The molecule has 0 aromatic heterocycles. The Labute approximate surface area is 282 Å². The smallest absolute Gasteiger partial charge is 0.404 e. The van der Waals surface area contributed by atoms with Crippen molar-refractivity contribution in [1.82, 2.24) is 10.7 Å². The molecule has 0 spiro atoms. The second kappa shape index (κ2) is 18.2. The zero-order valence-electron chi connectivity index (χ0n) is 29.4. The molecule has 4 rings (SSSR count). The number of Topliss-reactive ketones (excluding diaryl/α,β-unsaturated/α-hetero) is 1. The number of unbranched alkanes of at least 4 members (excludes halogenated alkanes) is 8. The molecule has 2 bridgehead atoms. The number of hydrazine groups is 1. The third kappa shape index (κ3) is 11.2. The van der Waals surface area contributed by atoms with E-state index in [1.54, 1.807) is 0 Å². The first kappa shape index (κ1) is 38.7. The van der Waals surface area contributed by atoms with E-state index in [9.17, 15) is 19.7 Å². The molecule has 0 aromatic rings. The second-order valence-corrected chi connectivity index (χ2v) is 15.3. The van der Waals surface area contributed by atoms with E-state index < -0.39 is 18.1 Å². The standard InChI is InChI=1S/C34H59BN6O6/c1-24(2)20-30(35-46-29-23-26-22-28(33(26,3)4)34(29,5)47-35)39-31(43)25(16-15-19-38-32(37)40-41(44)45)21-27(42)17-13-11-9-7-6-8-10-12-14-18-36/h24-26,28-30H,6-17,19-23H2,1-5H3,(H,39,43)(H3,37,38,40)/t25-,26-,28-,29-,30+,34+/m1/s1. The van der Waals surface area contributed by atoms with Crippen molar-refractivity contribution in [3.8, 4) is 6.07 Å². The van der Waals surface area contributed by atoms with Gasteiger partial charge in [0.05, 0.1) is 23.7 Å². The molecule has 47 heavy (non-hydrogen) atoms. The van der Waals surface area contributed by atoms with Crippen molar-refractivity contribution in [2.75, 3.05) is 6.54 Å². The van der Waals surface area contributed by atoms with E-state index in [0.717, 1.165) is 64.2 Å². The van der Waals surface area contributed by atoms with Crippen molar-refractivity contribution in [3.05, 3.63) is 10.1 Å². The molecule has 3 aliphatic carbocycles. The normalized spacial score (nSPS) is 25.8. The van der Waals surface area contributed by atoms with Gasteiger partial charge in [0, 0.05) is 31.7 Å². The summed E-state index contributed by atoms with van der Waals surface area (Å²) < 4.78 is 13.3. The van der Waals surface area contributed by atoms with E-state index in [1.807, 2.05) is 5.43 Å². The van der Waals surface area contributed by atoms with Crippen molar-refractivity contribution in [1.29, 1.82) is 5.26 Å². The average molecular weight is 659 g/mol. The lowest BCUT2D eigenvalue weighted by Crippen LogP contribution is -2.65. The number of nitrogens with one attached hydrogen (secondary N) is 2. The van der Waals surface area contributed by atoms with Crippen LogP contribution in [-0.4, -0.2) is 54.0 Å². The summed E-state index contributed by atoms with van der Waals surface area (Å²) in [5, 5.41) is 21.7. The van der Waals surface area contributed by atoms with Gasteiger partial charge in [-0.2, -0.15) is 5.26 Å². The number of rotatable bonds is 22. The van der Waals surface area contributed by atoms with E-state index >= 15 is 0 Å². The fraction of sp³-hybridized carbons (Fsp3) is 0.882. The predicted octanol–water partition coefficient (Wildman–Crippen LogP) is 5.66. The first-order chi connectivity index (χ1) is 22.3. The van der Waals surface area contributed by atoms with Gasteiger partial charge in [0.25, 0.3) is 5.96 Å². The minimum absolute atomic E-state index is 0.00729. The number of guanidine groups is 1. The van der Waals surface area contributed by atoms with Crippen molar-refractivity contribution < 1.29 is 23.9 Å². The van der Waals surface area contributed by atoms with Gasteiger partial charge in [-0.05, 0) is 75.0 Å². The molecule has 4 N–H and O–H groups in total. The molecular weight excluding hydrogens is 599 g/mol. The molecule has 13 heteroatoms. The molecule has 1 amide bonds. The molecule has 4 aliphatic rings. The monoisotopic (exact) mass is 658 g/mol. The predicted molar refractivity (Wildman–Crippen MR) is 182 cm³/mol. The first-order valence-corrected chi connectivity index (χ1v) is 18.0. The molecule has 0 radical (unpaired) electrons. The highest BCUT2D eigenvalue weighted by Gasteiger charge is 2.68. The fourth-order valence-corrected chi connectivity index (χ4v) is 8.07. The third-order valence-electron chi connectivity index (χ3n) is 10.9. The van der Waals surface area contributed by atoms with Gasteiger partial charge in [-0.3, -0.25) is 9.59 Å². The molecule has 1 aliphatic heterocycles. The van der Waals surface area contributed by atoms with Crippen LogP contribution in [0.4, 0.5) is 0 Å². The molecule has 6 atom stereocenters. The van der Waals surface area contributed by atoms with Crippen molar-refractivity contribution in [3.63, 3.8) is 0 Å². The lowest BCUT2D eigenvalue weighted by molar-refractivity contribution is -0.525. The van der Waals surface area contributed by atoms with Crippen molar-refractivity contribution >= 4 is 24.8 Å². The zero-order chi connectivity index (χ0) is 34.6. The van der Waals surface area contributed by atoms with Crippen LogP contribution in [0.1, 0.15) is 137 Å². The number of carbonyl (C=O) groups is 2. The Morgan fingerprint density at radius 3 is 2.36 bits per heavy atom. The van der Waals surface area contributed by atoms with Gasteiger partial charge >= 0.3 is 7.12 Å². The molecule has 1 heterocycles. The summed E-state index contributed by atoms with van der Waals surface area (Å²) in [4.78, 5) is 41.6. The molecule has 3 saturated carbocycles. The Morgan fingerprint density at radius 1 is 1.09 bits per heavy atom. The Hall–Kier alpha value is -2.72. The van der Waals surface area contributed by atoms with Gasteiger partial charge in [0.2, 0.25) is 5.91 Å². The quantitative estimate of drug-likeness (QED) is 0.0330. The minimum Gasteiger partial charge on any atom is -0.404 e. The molecule has 264 valence electrons. The number of amides is 1. The van der Waals surface area contributed by atoms with Gasteiger partial charge < -0.3 is 20.4 Å². The van der Waals surface area contributed by atoms with E-state index in [2.05, 4.69) is 51.0 Å². The van der Waals surface area contributed by atoms with Crippen LogP contribution in [0.25, 0.3) is 0 Å². The van der Waals surface area contributed by atoms with E-state index in [4.69, 9.17) is 20.3 Å². The first-order valence-electron chi connectivity index (χ1n) is 18.0. The Balaban J connectivity index is 1.57. The van der Waals surface area contributed by atoms with Crippen molar-refractivity contribution in [2.24, 2.45) is 39.8 Å². The van der Waals surface area contributed by atoms with Gasteiger partial charge in [0.15, 0.2) is 5.03 Å². The van der Waals surface area contributed by atoms with Crippen molar-refractivity contribution in [2.45, 2.75) is 155 Å². The number of ketones is 1. The Kier molecular flexibility index (Phi) is 15.0. The Bertz CT molecular complexity index is 1130. The lowest BCUT2D eigenvalue weighted by atomic mass is 9.43. The highest BCUT2D eigenvalue weighted by molar-refractivity contribution is 6.47. The lowest BCUT2D eigenvalue weighted by Gasteiger charge is -2.64. The fourth-order valence-electron chi connectivity index (χ4n) is 8.07. The summed E-state index contributed by atoms with van der Waals surface area (Å²) in [5.74, 6) is -0.00528. The Morgan fingerprint density at radius 2 is 1.74 bits per heavy atom. The molecule has 4 fully saturated rings. The highest BCUT2D eigenvalue weighted by Crippen LogP contribution is 2.65. The van der Waals surface area contributed by atoms with Crippen LogP contribution in [0.5, 0.6) is 0 Å². The van der Waals surface area contributed by atoms with Crippen LogP contribution >= 0.6 is 0 Å². The molecule has 0 unspecified atom stereocenters. The van der Waals surface area contributed by atoms with E-state index in [-0.39, 0.29) is 59.6 Å². The number of aliphatic imine (C=N–C) groups is 1. The third-order valence-corrected chi connectivity index (χ3v) is 10.9. The van der Waals surface area contributed by atoms with E-state index in [0.29, 0.717) is 43.9 Å². The maximum Gasteiger partial charge on any atom is 0.481 e. The van der Waals surface area contributed by atoms with Crippen LogP contribution < -0.4 is 16.5 Å². The zero-order valence-corrected chi connectivity index (χ0v) is 29.4. The summed E-state index contributed by atoms with van der Waals surface area (Å²) in [5.41, 5.74) is 7.21. The second-order valence-electron chi connectivity index (χ2n) is 15.3. The minimum atomic E-state index is -0.770. The number of nitro groups is 1. The van der Waals surface area contributed by atoms with Crippen LogP contribution in [0.3, 0.4) is 0 Å². The number of nitrogens with zero attached hydrogens (tertiary/aromatic N) is 3. The van der Waals surface area contributed by atoms with Crippen LogP contribution in [-0.2, 0) is 18.9 Å². The van der Waals surface area contributed by atoms with Gasteiger partial charge in [0.1, 0.15) is 5.78 Å². The van der Waals surface area contributed by atoms with Gasteiger partial charge in [-0.15, -0.1) is 0 Å². The number of carbonyl (C=O) groups excluding carboxylic acids is 2. The summed E-state index contributed by atoms with van der Waals surface area (Å²) in [6.07, 6.45) is 13.2. The summed E-state index contributed by atoms with van der Waals surface area (Å²) in [7, 11) is -0.549. The van der Waals surface area contributed by atoms with E-state index in [1.165, 1.54) is 0 Å². The number of nitriles is 1. The van der Waals surface area contributed by atoms with Crippen LogP contribution in [0.15, 0.2) is 4.99 Å². The molecule has 0 aromatic carbocycles. The maximum absolute atomic E-state index is 13.9. The number of hydrogen-bond donors (Lipinski definition) is 3. The molecular formula is C34H59BN6O6. The molecule has 12 nitrogen and oxygen atoms in total. The summed E-state index contributed by atoms with van der Waals surface area (Å²) in [6.45, 7) is 11.2. The largest absolute Gasteiger partial charge is 0.481 e.